The van der Waals surface area contributed by atoms with E-state index in [1.165, 1.54) is 11.1 Å². The lowest BCUT2D eigenvalue weighted by atomic mass is 9.51. The van der Waals surface area contributed by atoms with Crippen molar-refractivity contribution in [3.8, 4) is 0 Å². The van der Waals surface area contributed by atoms with Crippen molar-refractivity contribution in [1.29, 1.82) is 0 Å². The molecular formula is C24H25N3O. The number of rotatable bonds is 1. The molecule has 0 radical (unpaired) electrons. The Balaban J connectivity index is 1.56. The monoisotopic (exact) mass is 371 g/mol. The van der Waals surface area contributed by atoms with Crippen LogP contribution in [0.1, 0.15) is 48.7 Å². The average molecular weight is 371 g/mol. The summed E-state index contributed by atoms with van der Waals surface area (Å²) in [6.07, 6.45) is 5.24. The van der Waals surface area contributed by atoms with Gasteiger partial charge in [0.05, 0.1) is 11.0 Å². The highest BCUT2D eigenvalue weighted by atomic mass is 16.2. The summed E-state index contributed by atoms with van der Waals surface area (Å²) >= 11 is 0. The number of piperidine rings is 1. The smallest absolute Gasteiger partial charge is 0.254 e. The molecule has 2 aromatic carbocycles. The zero-order chi connectivity index (χ0) is 19.5. The van der Waals surface area contributed by atoms with E-state index < -0.39 is 0 Å². The van der Waals surface area contributed by atoms with Gasteiger partial charge >= 0.3 is 0 Å². The number of nitrogens with zero attached hydrogens (tertiary/aromatic N) is 3. The Morgan fingerprint density at radius 2 is 1.79 bits per heavy atom. The van der Waals surface area contributed by atoms with E-state index in [9.17, 15) is 4.79 Å². The molecule has 0 N–H and O–H groups in total. The van der Waals surface area contributed by atoms with E-state index in [4.69, 9.17) is 0 Å². The van der Waals surface area contributed by atoms with Crippen LogP contribution in [0, 0.1) is 5.41 Å². The largest absolute Gasteiger partial charge is 0.335 e. The molecule has 4 heteroatoms. The van der Waals surface area contributed by atoms with E-state index >= 15 is 0 Å². The molecule has 1 amide bonds. The lowest BCUT2D eigenvalue weighted by Gasteiger charge is -2.60. The van der Waals surface area contributed by atoms with Crippen molar-refractivity contribution >= 4 is 16.9 Å². The number of fused-ring (bicyclic) bond motifs is 5. The van der Waals surface area contributed by atoms with Gasteiger partial charge in [-0.1, -0.05) is 45.0 Å². The minimum Gasteiger partial charge on any atom is -0.335 e. The molecule has 2 aliphatic rings. The van der Waals surface area contributed by atoms with Gasteiger partial charge in [0, 0.05) is 36.0 Å². The van der Waals surface area contributed by atoms with Gasteiger partial charge in [0.25, 0.3) is 5.91 Å². The third kappa shape index (κ3) is 2.27. The summed E-state index contributed by atoms with van der Waals surface area (Å²) in [5, 5.41) is 0. The Morgan fingerprint density at radius 1 is 1.04 bits per heavy atom. The van der Waals surface area contributed by atoms with Crippen molar-refractivity contribution < 1.29 is 4.79 Å². The first-order valence-electron chi connectivity index (χ1n) is 10.0. The second-order valence-corrected chi connectivity index (χ2v) is 8.94. The molecule has 0 spiro atoms. The van der Waals surface area contributed by atoms with Crippen molar-refractivity contribution in [2.75, 3.05) is 6.54 Å². The highest BCUT2D eigenvalue weighted by Gasteiger charge is 2.56. The maximum Gasteiger partial charge on any atom is 0.254 e. The normalized spacial score (nSPS) is 25.4. The molecule has 1 fully saturated rings. The highest BCUT2D eigenvalue weighted by Crippen LogP contribution is 2.56. The maximum absolute atomic E-state index is 13.5. The Kier molecular flexibility index (Phi) is 3.64. The average Bonchev–Trinajstić information content (AvgIpc) is 2.70. The van der Waals surface area contributed by atoms with Crippen LogP contribution < -0.4 is 0 Å². The van der Waals surface area contributed by atoms with E-state index in [1.54, 1.807) is 12.4 Å². The Bertz CT molecular complexity index is 1090. The Labute approximate surface area is 165 Å². The second-order valence-electron chi connectivity index (χ2n) is 8.94. The third-order valence-corrected chi connectivity index (χ3v) is 7.49. The standard InChI is InChI=1S/C24H25N3O/c1-23(2)21-15-16-6-4-5-7-18(16)24(23,3)10-13-27(21)22(28)17-8-9-19-20(14-17)26-12-11-25-19/h4-9,11-12,14,21H,10,13,15H2,1-3H3/t21-,24+/m1/s1. The van der Waals surface area contributed by atoms with Crippen LogP contribution in [0.3, 0.4) is 0 Å². The van der Waals surface area contributed by atoms with Gasteiger partial charge in [-0.15, -0.1) is 0 Å². The first-order chi connectivity index (χ1) is 13.4. The van der Waals surface area contributed by atoms with Crippen LogP contribution in [0.4, 0.5) is 0 Å². The van der Waals surface area contributed by atoms with Crippen LogP contribution in [-0.4, -0.2) is 33.4 Å². The first-order valence-corrected chi connectivity index (χ1v) is 10.0. The van der Waals surface area contributed by atoms with Crippen LogP contribution in [-0.2, 0) is 11.8 Å². The fraction of sp³-hybridized carbons (Fsp3) is 0.375. The molecule has 2 atom stereocenters. The molecule has 2 bridgehead atoms. The summed E-state index contributed by atoms with van der Waals surface area (Å²) < 4.78 is 0. The van der Waals surface area contributed by atoms with E-state index in [0.717, 1.165) is 30.4 Å². The van der Waals surface area contributed by atoms with Crippen molar-refractivity contribution in [3.05, 3.63) is 71.5 Å². The van der Waals surface area contributed by atoms with Gasteiger partial charge in [-0.3, -0.25) is 14.8 Å². The molecule has 28 heavy (non-hydrogen) atoms. The van der Waals surface area contributed by atoms with E-state index in [2.05, 4.69) is 59.9 Å². The van der Waals surface area contributed by atoms with Gasteiger partial charge < -0.3 is 4.90 Å². The second kappa shape index (κ2) is 5.87. The number of carbonyl (C=O) groups excluding carboxylic acids is 1. The third-order valence-electron chi connectivity index (χ3n) is 7.49. The van der Waals surface area contributed by atoms with E-state index in [-0.39, 0.29) is 22.8 Å². The molecule has 3 aromatic rings. The maximum atomic E-state index is 13.5. The van der Waals surface area contributed by atoms with Crippen molar-refractivity contribution in [1.82, 2.24) is 14.9 Å². The zero-order valence-electron chi connectivity index (χ0n) is 16.6. The van der Waals surface area contributed by atoms with Crippen LogP contribution in [0.5, 0.6) is 0 Å². The summed E-state index contributed by atoms with van der Waals surface area (Å²) in [6, 6.07) is 14.6. The topological polar surface area (TPSA) is 46.1 Å². The summed E-state index contributed by atoms with van der Waals surface area (Å²) in [7, 11) is 0. The molecule has 4 nitrogen and oxygen atoms in total. The van der Waals surface area contributed by atoms with Crippen LogP contribution >= 0.6 is 0 Å². The van der Waals surface area contributed by atoms with Crippen molar-refractivity contribution in [2.24, 2.45) is 5.41 Å². The summed E-state index contributed by atoms with van der Waals surface area (Å²) in [5.41, 5.74) is 5.22. The number of aromatic nitrogens is 2. The first kappa shape index (κ1) is 17.4. The number of benzene rings is 2. The summed E-state index contributed by atoms with van der Waals surface area (Å²) in [5.74, 6) is 0.104. The van der Waals surface area contributed by atoms with Gasteiger partial charge in [0.15, 0.2) is 0 Å². The highest BCUT2D eigenvalue weighted by molar-refractivity contribution is 5.97. The summed E-state index contributed by atoms with van der Waals surface area (Å²) in [4.78, 5) is 24.3. The fourth-order valence-corrected chi connectivity index (χ4v) is 5.38. The molecule has 1 aliphatic carbocycles. The van der Waals surface area contributed by atoms with Gasteiger partial charge in [-0.25, -0.2) is 0 Å². The SMILES string of the molecule is CC1(C)[C@H]2Cc3ccccc3[C@]1(C)CCN2C(=O)c1ccc2nccnc2c1. The predicted octanol–water partition coefficient (Wildman–Crippen LogP) is 4.38. The fourth-order valence-electron chi connectivity index (χ4n) is 5.38. The Hall–Kier alpha value is -2.75. The van der Waals surface area contributed by atoms with E-state index in [1.807, 2.05) is 18.2 Å². The molecule has 1 aliphatic heterocycles. The van der Waals surface area contributed by atoms with Gasteiger partial charge in [0.1, 0.15) is 0 Å². The van der Waals surface area contributed by atoms with Gasteiger partial charge in [-0.05, 0) is 47.6 Å². The minimum atomic E-state index is 0.00587. The molecule has 142 valence electrons. The predicted molar refractivity (Wildman–Crippen MR) is 110 cm³/mol. The molecule has 1 saturated heterocycles. The van der Waals surface area contributed by atoms with Gasteiger partial charge in [0.2, 0.25) is 0 Å². The molecule has 1 aromatic heterocycles. The minimum absolute atomic E-state index is 0.00587. The lowest BCUT2D eigenvalue weighted by Crippen LogP contribution is -2.64. The number of amides is 1. The van der Waals surface area contributed by atoms with Crippen LogP contribution in [0.2, 0.25) is 0 Å². The Morgan fingerprint density at radius 3 is 2.61 bits per heavy atom. The molecule has 0 saturated carbocycles. The quantitative estimate of drug-likeness (QED) is 0.637. The van der Waals surface area contributed by atoms with Gasteiger partial charge in [-0.2, -0.15) is 0 Å². The molecule has 2 heterocycles. The van der Waals surface area contributed by atoms with Crippen molar-refractivity contribution in [3.63, 3.8) is 0 Å². The molecule has 0 unspecified atom stereocenters. The zero-order valence-corrected chi connectivity index (χ0v) is 16.6. The number of likely N-dealkylation sites (tertiary alicyclic amines) is 1. The van der Waals surface area contributed by atoms with Crippen LogP contribution in [0.15, 0.2) is 54.9 Å². The number of hydrogen-bond donors (Lipinski definition) is 0. The van der Waals surface area contributed by atoms with Crippen molar-refractivity contribution in [2.45, 2.75) is 45.1 Å². The van der Waals surface area contributed by atoms with Crippen LogP contribution in [0.25, 0.3) is 11.0 Å². The van der Waals surface area contributed by atoms with E-state index in [0.29, 0.717) is 5.56 Å². The molecule has 5 rings (SSSR count). The summed E-state index contributed by atoms with van der Waals surface area (Å²) in [6.45, 7) is 7.83. The lowest BCUT2D eigenvalue weighted by molar-refractivity contribution is -0.0261. The number of hydrogen-bond acceptors (Lipinski definition) is 3. The number of carbonyl (C=O) groups is 1. The molecular weight excluding hydrogens is 346 g/mol.